The zero-order valence-corrected chi connectivity index (χ0v) is 12.0. The van der Waals surface area contributed by atoms with Gasteiger partial charge in [0.05, 0.1) is 11.2 Å². The Morgan fingerprint density at radius 3 is 2.40 bits per heavy atom. The van der Waals surface area contributed by atoms with Crippen LogP contribution in [0.25, 0.3) is 0 Å². The molecule has 0 unspecified atom stereocenters. The Morgan fingerprint density at radius 2 is 1.85 bits per heavy atom. The molecular formula is C14H18N4O2. The molecule has 1 aromatic rings. The average molecular weight is 274 g/mol. The van der Waals surface area contributed by atoms with Crippen molar-refractivity contribution in [2.75, 3.05) is 12.5 Å². The lowest BCUT2D eigenvalue weighted by atomic mass is 9.99. The summed E-state index contributed by atoms with van der Waals surface area (Å²) in [5, 5.41) is 16.5. The molecule has 0 atom stereocenters. The van der Waals surface area contributed by atoms with Crippen molar-refractivity contribution in [3.8, 4) is 0 Å². The van der Waals surface area contributed by atoms with E-state index in [0.29, 0.717) is 0 Å². The SMILES string of the molecule is Cc1ccc(N/N=C2\C(=O)N(C)C(C)(C)\C2=N\O)cc1. The van der Waals surface area contributed by atoms with Crippen LogP contribution in [0.3, 0.4) is 0 Å². The van der Waals surface area contributed by atoms with E-state index in [-0.39, 0.29) is 17.3 Å². The maximum atomic E-state index is 12.1. The summed E-state index contributed by atoms with van der Waals surface area (Å²) in [5.41, 5.74) is 4.42. The molecule has 1 amide bonds. The summed E-state index contributed by atoms with van der Waals surface area (Å²) in [7, 11) is 1.65. The fourth-order valence-corrected chi connectivity index (χ4v) is 1.98. The second kappa shape index (κ2) is 4.96. The Labute approximate surface area is 117 Å². The Balaban J connectivity index is 2.29. The largest absolute Gasteiger partial charge is 0.411 e. The standard InChI is InChI=1S/C14H18N4O2/c1-9-5-7-10(8-6-9)15-16-11-12(17-20)14(2,3)18(4)13(11)19/h5-8,15,20H,1-4H3/b16-11-,17-12+. The van der Waals surface area contributed by atoms with Crippen molar-refractivity contribution in [3.63, 3.8) is 0 Å². The first-order valence-corrected chi connectivity index (χ1v) is 6.29. The molecule has 0 aromatic heterocycles. The fraction of sp³-hybridized carbons (Fsp3) is 0.357. The van der Waals surface area contributed by atoms with Gasteiger partial charge in [0, 0.05) is 7.05 Å². The van der Waals surface area contributed by atoms with Gasteiger partial charge in [0.15, 0.2) is 5.71 Å². The van der Waals surface area contributed by atoms with Gasteiger partial charge in [-0.25, -0.2) is 0 Å². The summed E-state index contributed by atoms with van der Waals surface area (Å²) in [6, 6.07) is 7.61. The summed E-state index contributed by atoms with van der Waals surface area (Å²) in [5.74, 6) is -0.276. The van der Waals surface area contributed by atoms with E-state index in [1.54, 1.807) is 20.9 Å². The molecule has 1 aliphatic rings. The minimum atomic E-state index is -0.681. The van der Waals surface area contributed by atoms with E-state index in [0.717, 1.165) is 11.3 Å². The smallest absolute Gasteiger partial charge is 0.276 e. The lowest BCUT2D eigenvalue weighted by Gasteiger charge is -2.25. The molecule has 1 saturated heterocycles. The van der Waals surface area contributed by atoms with Gasteiger partial charge in [-0.1, -0.05) is 22.9 Å². The maximum Gasteiger partial charge on any atom is 0.276 e. The molecule has 2 N–H and O–H groups in total. The van der Waals surface area contributed by atoms with Crippen LogP contribution >= 0.6 is 0 Å². The molecule has 0 aliphatic carbocycles. The number of nitrogens with zero attached hydrogens (tertiary/aromatic N) is 3. The van der Waals surface area contributed by atoms with Crippen LogP contribution in [-0.4, -0.2) is 40.0 Å². The lowest BCUT2D eigenvalue weighted by Crippen LogP contribution is -2.41. The van der Waals surface area contributed by atoms with Crippen molar-refractivity contribution in [2.45, 2.75) is 26.3 Å². The van der Waals surface area contributed by atoms with Crippen molar-refractivity contribution in [1.29, 1.82) is 0 Å². The third-order valence-corrected chi connectivity index (χ3v) is 3.60. The highest BCUT2D eigenvalue weighted by molar-refractivity contribution is 6.71. The number of carbonyl (C=O) groups is 1. The van der Waals surface area contributed by atoms with Gasteiger partial charge in [-0.05, 0) is 32.9 Å². The van der Waals surface area contributed by atoms with Gasteiger partial charge < -0.3 is 10.1 Å². The van der Waals surface area contributed by atoms with E-state index in [4.69, 9.17) is 5.21 Å². The number of carbonyl (C=O) groups excluding carboxylic acids is 1. The van der Waals surface area contributed by atoms with Gasteiger partial charge in [-0.2, -0.15) is 5.10 Å². The van der Waals surface area contributed by atoms with E-state index >= 15 is 0 Å². The third kappa shape index (κ3) is 2.24. The molecule has 0 radical (unpaired) electrons. The Morgan fingerprint density at radius 1 is 1.25 bits per heavy atom. The molecule has 0 bridgehead atoms. The maximum absolute atomic E-state index is 12.1. The van der Waals surface area contributed by atoms with Crippen LogP contribution in [0.5, 0.6) is 0 Å². The number of rotatable bonds is 2. The van der Waals surface area contributed by atoms with Gasteiger partial charge in [0.2, 0.25) is 0 Å². The number of nitrogens with one attached hydrogen (secondary N) is 1. The molecule has 1 fully saturated rings. The van der Waals surface area contributed by atoms with E-state index in [1.807, 2.05) is 31.2 Å². The van der Waals surface area contributed by atoms with Crippen molar-refractivity contribution in [2.24, 2.45) is 10.3 Å². The van der Waals surface area contributed by atoms with Gasteiger partial charge in [-0.15, -0.1) is 0 Å². The van der Waals surface area contributed by atoms with Crippen molar-refractivity contribution in [3.05, 3.63) is 29.8 Å². The van der Waals surface area contributed by atoms with Gasteiger partial charge >= 0.3 is 0 Å². The van der Waals surface area contributed by atoms with Crippen LogP contribution < -0.4 is 5.43 Å². The van der Waals surface area contributed by atoms with Crippen LogP contribution in [-0.2, 0) is 4.79 Å². The number of oxime groups is 1. The van der Waals surface area contributed by atoms with E-state index < -0.39 is 5.54 Å². The minimum absolute atomic E-state index is 0.126. The first-order chi connectivity index (χ1) is 9.37. The van der Waals surface area contributed by atoms with E-state index in [2.05, 4.69) is 15.7 Å². The van der Waals surface area contributed by atoms with Crippen LogP contribution in [0.1, 0.15) is 19.4 Å². The molecule has 0 spiro atoms. The summed E-state index contributed by atoms with van der Waals surface area (Å²) >= 11 is 0. The molecule has 0 saturated carbocycles. The Kier molecular flexibility index (Phi) is 3.48. The van der Waals surface area contributed by atoms with Crippen LogP contribution in [0.2, 0.25) is 0 Å². The fourth-order valence-electron chi connectivity index (χ4n) is 1.98. The van der Waals surface area contributed by atoms with Gasteiger partial charge in [0.25, 0.3) is 5.91 Å². The highest BCUT2D eigenvalue weighted by atomic mass is 16.4. The third-order valence-electron chi connectivity index (χ3n) is 3.60. The van der Waals surface area contributed by atoms with Crippen LogP contribution in [0.4, 0.5) is 5.69 Å². The quantitative estimate of drug-likeness (QED) is 0.638. The number of hydrazone groups is 1. The molecule has 20 heavy (non-hydrogen) atoms. The molecule has 106 valence electrons. The first kappa shape index (κ1) is 14.0. The molecule has 6 nitrogen and oxygen atoms in total. The lowest BCUT2D eigenvalue weighted by molar-refractivity contribution is -0.124. The minimum Gasteiger partial charge on any atom is -0.411 e. The Hall–Kier alpha value is -2.37. The van der Waals surface area contributed by atoms with E-state index in [9.17, 15) is 4.79 Å². The molecule has 2 rings (SSSR count). The first-order valence-electron chi connectivity index (χ1n) is 6.29. The predicted molar refractivity (Wildman–Crippen MR) is 78.3 cm³/mol. The summed E-state index contributed by atoms with van der Waals surface area (Å²) < 4.78 is 0. The van der Waals surface area contributed by atoms with Crippen molar-refractivity contribution in [1.82, 2.24) is 4.90 Å². The Bertz CT molecular complexity index is 588. The van der Waals surface area contributed by atoms with E-state index in [1.165, 1.54) is 4.90 Å². The predicted octanol–water partition coefficient (Wildman–Crippen LogP) is 1.84. The normalized spacial score (nSPS) is 21.8. The zero-order chi connectivity index (χ0) is 14.9. The number of amides is 1. The van der Waals surface area contributed by atoms with Crippen LogP contribution in [0.15, 0.2) is 34.5 Å². The highest BCUT2D eigenvalue weighted by Crippen LogP contribution is 2.24. The molecule has 1 heterocycles. The number of likely N-dealkylation sites (tertiary alicyclic amines) is 1. The monoisotopic (exact) mass is 274 g/mol. The molecule has 6 heteroatoms. The molecule has 1 aliphatic heterocycles. The summed E-state index contributed by atoms with van der Waals surface area (Å²) in [6.07, 6.45) is 0. The topological polar surface area (TPSA) is 77.3 Å². The molecule has 1 aromatic carbocycles. The second-order valence-electron chi connectivity index (χ2n) is 5.31. The number of aryl methyl sites for hydroxylation is 1. The molecular weight excluding hydrogens is 256 g/mol. The van der Waals surface area contributed by atoms with Crippen molar-refractivity contribution < 1.29 is 10.0 Å². The zero-order valence-electron chi connectivity index (χ0n) is 12.0. The summed E-state index contributed by atoms with van der Waals surface area (Å²) in [6.45, 7) is 5.59. The number of anilines is 1. The summed E-state index contributed by atoms with van der Waals surface area (Å²) in [4.78, 5) is 13.6. The average Bonchev–Trinajstić information content (AvgIpc) is 2.58. The van der Waals surface area contributed by atoms with Crippen molar-refractivity contribution >= 4 is 23.0 Å². The highest BCUT2D eigenvalue weighted by Gasteiger charge is 2.47. The number of benzene rings is 1. The number of hydrogen-bond donors (Lipinski definition) is 2. The van der Waals surface area contributed by atoms with Crippen LogP contribution in [0, 0.1) is 6.92 Å². The van der Waals surface area contributed by atoms with Gasteiger partial charge in [-0.3, -0.25) is 10.2 Å². The number of hydrogen-bond acceptors (Lipinski definition) is 5. The van der Waals surface area contributed by atoms with Gasteiger partial charge in [0.1, 0.15) is 5.71 Å². The second-order valence-corrected chi connectivity index (χ2v) is 5.31.